The van der Waals surface area contributed by atoms with Gasteiger partial charge in [-0.25, -0.2) is 9.97 Å². The summed E-state index contributed by atoms with van der Waals surface area (Å²) in [7, 11) is 1.63. The number of amides is 1. The van der Waals surface area contributed by atoms with Crippen LogP contribution in [0.3, 0.4) is 0 Å². The topological polar surface area (TPSA) is 98.7 Å². The van der Waals surface area contributed by atoms with Crippen LogP contribution in [0.1, 0.15) is 29.2 Å². The van der Waals surface area contributed by atoms with Crippen molar-refractivity contribution >= 4 is 28.6 Å². The molecule has 2 heterocycles. The fourth-order valence-corrected chi connectivity index (χ4v) is 3.94. The second-order valence-corrected chi connectivity index (χ2v) is 8.33. The fraction of sp³-hybridized carbons (Fsp3) is 0.250. The molecule has 0 saturated carbocycles. The van der Waals surface area contributed by atoms with Crippen LogP contribution in [0.5, 0.6) is 0 Å². The lowest BCUT2D eigenvalue weighted by molar-refractivity contribution is -0.143. The molecule has 0 aliphatic heterocycles. The van der Waals surface area contributed by atoms with E-state index in [9.17, 15) is 31.1 Å². The Kier molecular flexibility index (Phi) is 6.57. The lowest BCUT2D eigenvalue weighted by atomic mass is 10.0. The van der Waals surface area contributed by atoms with Gasteiger partial charge in [0.1, 0.15) is 0 Å². The normalized spacial score (nSPS) is 12.2. The summed E-state index contributed by atoms with van der Waals surface area (Å²) >= 11 is 0. The van der Waals surface area contributed by atoms with Gasteiger partial charge in [0.25, 0.3) is 0 Å². The fourth-order valence-electron chi connectivity index (χ4n) is 3.94. The van der Waals surface area contributed by atoms with Crippen molar-refractivity contribution < 1.29 is 31.1 Å². The Labute approximate surface area is 206 Å². The van der Waals surface area contributed by atoms with E-state index in [2.05, 4.69) is 20.4 Å². The maximum Gasteiger partial charge on any atom is 0.416 e. The Morgan fingerprint density at radius 2 is 1.65 bits per heavy atom. The highest BCUT2D eigenvalue weighted by atomic mass is 19.4. The van der Waals surface area contributed by atoms with Crippen molar-refractivity contribution in [1.82, 2.24) is 19.7 Å². The van der Waals surface area contributed by atoms with Crippen LogP contribution in [-0.2, 0) is 37.0 Å². The van der Waals surface area contributed by atoms with E-state index >= 15 is 0 Å². The molecule has 0 aliphatic rings. The van der Waals surface area contributed by atoms with Crippen LogP contribution >= 0.6 is 0 Å². The molecule has 0 unspecified atom stereocenters. The molecule has 37 heavy (non-hydrogen) atoms. The average molecular weight is 522 g/mol. The van der Waals surface area contributed by atoms with E-state index in [1.54, 1.807) is 19.3 Å². The summed E-state index contributed by atoms with van der Waals surface area (Å²) in [6.07, 6.45) is -8.48. The van der Waals surface area contributed by atoms with Crippen LogP contribution in [0.15, 0.2) is 42.6 Å². The van der Waals surface area contributed by atoms with Crippen LogP contribution in [0.25, 0.3) is 22.2 Å². The third kappa shape index (κ3) is 5.65. The number of nitrogens with two attached hydrogens (primary N) is 1. The Morgan fingerprint density at radius 3 is 2.24 bits per heavy atom. The molecule has 1 amide bonds. The predicted octanol–water partition coefficient (Wildman–Crippen LogP) is 5.39. The Bertz CT molecular complexity index is 1460. The molecule has 0 spiro atoms. The second-order valence-electron chi connectivity index (χ2n) is 8.33. The first kappa shape index (κ1) is 25.9. The number of aryl methyl sites for hydroxylation is 2. The van der Waals surface area contributed by atoms with Crippen LogP contribution in [-0.4, -0.2) is 25.7 Å². The number of fused-ring (bicyclic) bond motifs is 1. The molecule has 0 saturated heterocycles. The molecule has 4 aromatic rings. The van der Waals surface area contributed by atoms with Gasteiger partial charge in [0, 0.05) is 30.3 Å². The quantitative estimate of drug-likeness (QED) is 0.343. The van der Waals surface area contributed by atoms with E-state index in [0.29, 0.717) is 29.8 Å². The zero-order valence-electron chi connectivity index (χ0n) is 19.5. The number of alkyl halides is 6. The summed E-state index contributed by atoms with van der Waals surface area (Å²) in [6.45, 7) is 1.95. The third-order valence-corrected chi connectivity index (χ3v) is 5.62. The van der Waals surface area contributed by atoms with Crippen LogP contribution in [0.2, 0.25) is 0 Å². The van der Waals surface area contributed by atoms with Crippen molar-refractivity contribution in [2.45, 2.75) is 32.1 Å². The predicted molar refractivity (Wildman–Crippen MR) is 124 cm³/mol. The number of nitrogens with zero attached hydrogens (tertiary/aromatic N) is 4. The van der Waals surface area contributed by atoms with E-state index in [1.165, 1.54) is 4.68 Å². The van der Waals surface area contributed by atoms with Gasteiger partial charge in [-0.2, -0.15) is 31.4 Å². The highest BCUT2D eigenvalue weighted by Crippen LogP contribution is 2.36. The summed E-state index contributed by atoms with van der Waals surface area (Å²) in [4.78, 5) is 20.8. The van der Waals surface area contributed by atoms with Crippen molar-refractivity contribution in [3.63, 3.8) is 0 Å². The SMILES string of the molecule is CCc1cc(-c2cc(NC(=O)Cc3cc(C(F)(F)F)cc(C(F)(F)F)c3)nn2C)cc2cnc(N)nc12. The van der Waals surface area contributed by atoms with Crippen molar-refractivity contribution in [2.24, 2.45) is 7.05 Å². The number of anilines is 2. The number of halogens is 6. The number of hydrogen-bond donors (Lipinski definition) is 2. The molecule has 0 bridgehead atoms. The third-order valence-electron chi connectivity index (χ3n) is 5.62. The molecule has 0 radical (unpaired) electrons. The molecule has 0 atom stereocenters. The largest absolute Gasteiger partial charge is 0.416 e. The molecule has 2 aromatic heterocycles. The van der Waals surface area contributed by atoms with Gasteiger partial charge >= 0.3 is 12.4 Å². The van der Waals surface area contributed by atoms with Gasteiger partial charge in [-0.15, -0.1) is 0 Å². The van der Waals surface area contributed by atoms with E-state index < -0.39 is 41.4 Å². The average Bonchev–Trinajstić information content (AvgIpc) is 3.16. The summed E-state index contributed by atoms with van der Waals surface area (Å²) in [6, 6.07) is 6.31. The minimum atomic E-state index is -5.00. The first-order valence-electron chi connectivity index (χ1n) is 10.9. The van der Waals surface area contributed by atoms with Gasteiger partial charge in [0.15, 0.2) is 5.82 Å². The van der Waals surface area contributed by atoms with Gasteiger partial charge in [0.2, 0.25) is 11.9 Å². The molecule has 0 fully saturated rings. The van der Waals surface area contributed by atoms with Gasteiger partial charge in [0.05, 0.1) is 28.8 Å². The van der Waals surface area contributed by atoms with Gasteiger partial charge in [-0.05, 0) is 47.9 Å². The minimum absolute atomic E-state index is 0.0138. The second kappa shape index (κ2) is 9.37. The highest BCUT2D eigenvalue weighted by molar-refractivity contribution is 5.92. The highest BCUT2D eigenvalue weighted by Gasteiger charge is 2.37. The van der Waals surface area contributed by atoms with Crippen LogP contribution < -0.4 is 11.1 Å². The monoisotopic (exact) mass is 522 g/mol. The zero-order valence-corrected chi connectivity index (χ0v) is 19.5. The number of aromatic nitrogens is 4. The molecular formula is C24H20F6N6O. The number of carbonyl (C=O) groups excluding carboxylic acids is 1. The zero-order chi connectivity index (χ0) is 27.1. The number of hydrogen-bond acceptors (Lipinski definition) is 5. The van der Waals surface area contributed by atoms with Crippen molar-refractivity contribution in [3.8, 4) is 11.3 Å². The van der Waals surface area contributed by atoms with Crippen molar-refractivity contribution in [1.29, 1.82) is 0 Å². The molecule has 194 valence electrons. The minimum Gasteiger partial charge on any atom is -0.368 e. The lowest BCUT2D eigenvalue weighted by Crippen LogP contribution is -2.17. The number of nitrogens with one attached hydrogen (secondary N) is 1. The van der Waals surface area contributed by atoms with Crippen LogP contribution in [0, 0.1) is 0 Å². The van der Waals surface area contributed by atoms with Crippen molar-refractivity contribution in [3.05, 3.63) is 64.8 Å². The first-order chi connectivity index (χ1) is 17.2. The number of nitrogen functional groups attached to an aromatic ring is 1. The Morgan fingerprint density at radius 1 is 1.00 bits per heavy atom. The van der Waals surface area contributed by atoms with Crippen LogP contribution in [0.4, 0.5) is 38.1 Å². The Hall–Kier alpha value is -4.16. The summed E-state index contributed by atoms with van der Waals surface area (Å²) in [5.74, 6) is -0.602. The molecule has 3 N–H and O–H groups in total. The molecule has 4 rings (SSSR count). The maximum absolute atomic E-state index is 13.1. The Balaban J connectivity index is 1.60. The van der Waals surface area contributed by atoms with Gasteiger partial charge in [-0.3, -0.25) is 9.48 Å². The van der Waals surface area contributed by atoms with Gasteiger partial charge in [-0.1, -0.05) is 6.92 Å². The number of benzene rings is 2. The molecule has 0 aliphatic carbocycles. The number of carbonyl (C=O) groups is 1. The van der Waals surface area contributed by atoms with E-state index in [4.69, 9.17) is 5.73 Å². The maximum atomic E-state index is 13.1. The molecule has 13 heteroatoms. The lowest BCUT2D eigenvalue weighted by Gasteiger charge is -2.14. The first-order valence-corrected chi connectivity index (χ1v) is 10.9. The summed E-state index contributed by atoms with van der Waals surface area (Å²) < 4.78 is 80.1. The summed E-state index contributed by atoms with van der Waals surface area (Å²) in [5.41, 5.74) is 5.23. The van der Waals surface area contributed by atoms with Gasteiger partial charge < -0.3 is 11.1 Å². The van der Waals surface area contributed by atoms with E-state index in [-0.39, 0.29) is 17.8 Å². The molecule has 7 nitrogen and oxygen atoms in total. The molecular weight excluding hydrogens is 502 g/mol. The van der Waals surface area contributed by atoms with E-state index in [1.807, 2.05) is 19.1 Å². The van der Waals surface area contributed by atoms with Crippen molar-refractivity contribution in [2.75, 3.05) is 11.1 Å². The number of rotatable bonds is 5. The van der Waals surface area contributed by atoms with E-state index in [0.717, 1.165) is 16.5 Å². The summed E-state index contributed by atoms with van der Waals surface area (Å²) in [5, 5.41) is 7.38. The smallest absolute Gasteiger partial charge is 0.368 e. The standard InChI is InChI=1S/C24H20F6N6O/c1-3-13-7-14(8-15-11-32-22(31)34-21(13)15)18-10-19(35-36(18)2)33-20(37)6-12-4-16(23(25,26)27)9-17(5-12)24(28,29)30/h4-5,7-11H,3,6H2,1-2H3,(H2,31,32,34)(H,33,35,37). The molecule has 2 aromatic carbocycles.